The van der Waals surface area contributed by atoms with Gasteiger partial charge in [0.2, 0.25) is 0 Å². The highest BCUT2D eigenvalue weighted by atomic mass is 28.4. The standard InChI is InChI=1S/C25H32O5Si/c1-24(2,3)31(19-11-7-5-8-12-19,20-13-9-6-10-14-20)30-18-15-16-25(4,23(28)29)21(17-18)22(26)27/h5-14,18,21H,15-17H2,1-4H3,(H,26,27)(H,28,29). The van der Waals surface area contributed by atoms with Crippen LogP contribution in [0.1, 0.15) is 47.0 Å². The monoisotopic (exact) mass is 440 g/mol. The Kier molecular flexibility index (Phi) is 6.44. The molecule has 6 heteroatoms. The zero-order valence-electron chi connectivity index (χ0n) is 18.7. The lowest BCUT2D eigenvalue weighted by Gasteiger charge is -2.48. The van der Waals surface area contributed by atoms with Crippen LogP contribution in [0, 0.1) is 11.3 Å². The van der Waals surface area contributed by atoms with Crippen LogP contribution in [0.25, 0.3) is 0 Å². The average molecular weight is 441 g/mol. The topological polar surface area (TPSA) is 83.8 Å². The van der Waals surface area contributed by atoms with Gasteiger partial charge in [-0.25, -0.2) is 0 Å². The van der Waals surface area contributed by atoms with Crippen molar-refractivity contribution in [3.8, 4) is 0 Å². The molecule has 3 atom stereocenters. The zero-order chi connectivity index (χ0) is 22.9. The van der Waals surface area contributed by atoms with Crippen molar-refractivity contribution in [2.24, 2.45) is 11.3 Å². The van der Waals surface area contributed by atoms with E-state index in [2.05, 4.69) is 45.0 Å². The van der Waals surface area contributed by atoms with Gasteiger partial charge in [-0.3, -0.25) is 9.59 Å². The second kappa shape index (κ2) is 8.59. The van der Waals surface area contributed by atoms with Crippen molar-refractivity contribution in [2.45, 2.75) is 58.1 Å². The third kappa shape index (κ3) is 4.19. The molecule has 0 amide bonds. The Labute approximate surface area is 185 Å². The molecular formula is C25H32O5Si. The zero-order valence-corrected chi connectivity index (χ0v) is 19.7. The maximum Gasteiger partial charge on any atom is 0.310 e. The van der Waals surface area contributed by atoms with Gasteiger partial charge in [0.15, 0.2) is 0 Å². The molecule has 2 aromatic rings. The first-order valence-corrected chi connectivity index (χ1v) is 12.7. The van der Waals surface area contributed by atoms with Crippen LogP contribution in [0.3, 0.4) is 0 Å². The molecule has 1 aliphatic rings. The molecule has 2 N–H and O–H groups in total. The second-order valence-electron chi connectivity index (χ2n) is 9.79. The number of benzene rings is 2. The minimum Gasteiger partial charge on any atom is -0.481 e. The molecule has 3 rings (SSSR count). The molecule has 0 bridgehead atoms. The fourth-order valence-electron chi connectivity index (χ4n) is 4.95. The molecule has 1 aliphatic carbocycles. The van der Waals surface area contributed by atoms with Crippen LogP contribution in [0.4, 0.5) is 0 Å². The van der Waals surface area contributed by atoms with Crippen LogP contribution in [0.2, 0.25) is 5.04 Å². The van der Waals surface area contributed by atoms with Gasteiger partial charge in [-0.15, -0.1) is 0 Å². The molecule has 0 aromatic heterocycles. The van der Waals surface area contributed by atoms with E-state index in [1.54, 1.807) is 6.92 Å². The van der Waals surface area contributed by atoms with Crippen molar-refractivity contribution in [3.05, 3.63) is 60.7 Å². The van der Waals surface area contributed by atoms with Gasteiger partial charge in [0.25, 0.3) is 8.32 Å². The maximum atomic E-state index is 12.0. The van der Waals surface area contributed by atoms with E-state index >= 15 is 0 Å². The van der Waals surface area contributed by atoms with Gasteiger partial charge < -0.3 is 14.6 Å². The van der Waals surface area contributed by atoms with E-state index in [0.29, 0.717) is 6.42 Å². The van der Waals surface area contributed by atoms with E-state index in [9.17, 15) is 19.8 Å². The molecule has 0 radical (unpaired) electrons. The Balaban J connectivity index is 2.08. The molecule has 0 spiro atoms. The predicted octanol–water partition coefficient (Wildman–Crippen LogP) is 3.91. The van der Waals surface area contributed by atoms with Gasteiger partial charge in [-0.05, 0) is 41.6 Å². The first-order valence-electron chi connectivity index (χ1n) is 10.8. The van der Waals surface area contributed by atoms with Crippen molar-refractivity contribution >= 4 is 30.6 Å². The van der Waals surface area contributed by atoms with Gasteiger partial charge in [0.1, 0.15) is 0 Å². The third-order valence-electron chi connectivity index (χ3n) is 6.80. The number of hydrogen-bond acceptors (Lipinski definition) is 3. The number of rotatable bonds is 6. The molecule has 0 saturated heterocycles. The molecule has 0 heterocycles. The van der Waals surface area contributed by atoms with E-state index < -0.39 is 31.6 Å². The number of carboxylic acids is 2. The molecular weight excluding hydrogens is 408 g/mol. The minimum atomic E-state index is -2.81. The summed E-state index contributed by atoms with van der Waals surface area (Å²) in [7, 11) is -2.81. The lowest BCUT2D eigenvalue weighted by atomic mass is 9.66. The SMILES string of the molecule is CC1(C(=O)O)CCC(O[Si](c2ccccc2)(c2ccccc2)C(C)(C)C)CC1C(=O)O. The fraction of sp³-hybridized carbons (Fsp3) is 0.440. The summed E-state index contributed by atoms with van der Waals surface area (Å²) in [6.45, 7) is 8.08. The summed E-state index contributed by atoms with van der Waals surface area (Å²) in [4.78, 5) is 23.9. The minimum absolute atomic E-state index is 0.197. The van der Waals surface area contributed by atoms with Crippen molar-refractivity contribution in [3.63, 3.8) is 0 Å². The Bertz CT molecular complexity index is 882. The molecule has 166 valence electrons. The van der Waals surface area contributed by atoms with E-state index in [1.165, 1.54) is 0 Å². The normalized spacial score (nSPS) is 24.5. The van der Waals surface area contributed by atoms with E-state index in [4.69, 9.17) is 4.43 Å². The Morgan fingerprint density at radius 1 is 0.968 bits per heavy atom. The first-order chi connectivity index (χ1) is 14.5. The van der Waals surface area contributed by atoms with E-state index in [-0.39, 0.29) is 24.0 Å². The molecule has 2 aromatic carbocycles. The van der Waals surface area contributed by atoms with Crippen molar-refractivity contribution in [2.75, 3.05) is 0 Å². The van der Waals surface area contributed by atoms with E-state index in [0.717, 1.165) is 10.4 Å². The lowest BCUT2D eigenvalue weighted by Crippen LogP contribution is -2.68. The fourth-order valence-corrected chi connectivity index (χ4v) is 9.68. The summed E-state index contributed by atoms with van der Waals surface area (Å²) in [6, 6.07) is 20.4. The summed E-state index contributed by atoms with van der Waals surface area (Å²) < 4.78 is 7.05. The first kappa shape index (κ1) is 23.2. The van der Waals surface area contributed by atoms with Gasteiger partial charge in [0.05, 0.1) is 11.3 Å². The Morgan fingerprint density at radius 2 is 1.45 bits per heavy atom. The van der Waals surface area contributed by atoms with Crippen LogP contribution >= 0.6 is 0 Å². The maximum absolute atomic E-state index is 12.0. The van der Waals surface area contributed by atoms with Gasteiger partial charge >= 0.3 is 11.9 Å². The van der Waals surface area contributed by atoms with Crippen LogP contribution in [0.5, 0.6) is 0 Å². The Morgan fingerprint density at radius 3 is 1.84 bits per heavy atom. The lowest BCUT2D eigenvalue weighted by molar-refractivity contribution is -0.166. The van der Waals surface area contributed by atoms with Crippen molar-refractivity contribution in [1.82, 2.24) is 0 Å². The van der Waals surface area contributed by atoms with Crippen molar-refractivity contribution < 1.29 is 24.2 Å². The number of hydrogen-bond donors (Lipinski definition) is 2. The summed E-state index contributed by atoms with van der Waals surface area (Å²) >= 11 is 0. The smallest absolute Gasteiger partial charge is 0.310 e. The predicted molar refractivity (Wildman–Crippen MR) is 123 cm³/mol. The van der Waals surface area contributed by atoms with Gasteiger partial charge in [0, 0.05) is 6.10 Å². The molecule has 1 saturated carbocycles. The highest BCUT2D eigenvalue weighted by Crippen LogP contribution is 2.45. The highest BCUT2D eigenvalue weighted by Gasteiger charge is 2.55. The number of aliphatic carboxylic acids is 2. The molecule has 1 fully saturated rings. The summed E-state index contributed by atoms with van der Waals surface area (Å²) in [5.74, 6) is -3.11. The summed E-state index contributed by atoms with van der Waals surface area (Å²) in [5, 5.41) is 21.6. The highest BCUT2D eigenvalue weighted by molar-refractivity contribution is 6.99. The van der Waals surface area contributed by atoms with Crippen LogP contribution in [-0.2, 0) is 14.0 Å². The molecule has 0 aliphatic heterocycles. The van der Waals surface area contributed by atoms with Gasteiger partial charge in [-0.1, -0.05) is 81.4 Å². The van der Waals surface area contributed by atoms with Crippen LogP contribution in [0.15, 0.2) is 60.7 Å². The van der Waals surface area contributed by atoms with Gasteiger partial charge in [-0.2, -0.15) is 0 Å². The molecule has 31 heavy (non-hydrogen) atoms. The summed E-state index contributed by atoms with van der Waals surface area (Å²) in [6.07, 6.45) is 0.682. The Hall–Kier alpha value is -2.44. The average Bonchev–Trinajstić information content (AvgIpc) is 2.73. The number of carboxylic acid groups (broad SMARTS) is 2. The molecule has 3 unspecified atom stereocenters. The van der Waals surface area contributed by atoms with Crippen LogP contribution < -0.4 is 10.4 Å². The van der Waals surface area contributed by atoms with Crippen molar-refractivity contribution in [1.29, 1.82) is 0 Å². The molecule has 5 nitrogen and oxygen atoms in total. The second-order valence-corrected chi connectivity index (χ2v) is 14.0. The van der Waals surface area contributed by atoms with E-state index in [1.807, 2.05) is 36.4 Å². The quantitative estimate of drug-likeness (QED) is 0.666. The third-order valence-corrected chi connectivity index (χ3v) is 11.9. The number of carbonyl (C=O) groups is 2. The largest absolute Gasteiger partial charge is 0.481 e. The van der Waals surface area contributed by atoms with Crippen LogP contribution in [-0.4, -0.2) is 36.6 Å². The summed E-state index contributed by atoms with van der Waals surface area (Å²) in [5.41, 5.74) is -1.28.